The molecule has 1 rings (SSSR count). The summed E-state index contributed by atoms with van der Waals surface area (Å²) in [5.41, 5.74) is 6.05. The normalized spacial score (nSPS) is 12.7. The summed E-state index contributed by atoms with van der Waals surface area (Å²) in [4.78, 5) is 23.0. The van der Waals surface area contributed by atoms with E-state index in [1.165, 1.54) is 12.1 Å². The van der Waals surface area contributed by atoms with Gasteiger partial charge in [-0.2, -0.15) is 0 Å². The predicted molar refractivity (Wildman–Crippen MR) is 78.9 cm³/mol. The molecule has 21 heavy (non-hydrogen) atoms. The number of aromatic hydroxyl groups is 1. The maximum Gasteiger partial charge on any atom is 0.326 e. The summed E-state index contributed by atoms with van der Waals surface area (Å²) in [5.74, 6) is -1.32. The minimum Gasteiger partial charge on any atom is -0.508 e. The van der Waals surface area contributed by atoms with Crippen molar-refractivity contribution in [2.45, 2.75) is 44.7 Å². The highest BCUT2D eigenvalue weighted by atomic mass is 16.4. The van der Waals surface area contributed by atoms with Gasteiger partial charge in [0, 0.05) is 18.4 Å². The SMILES string of the molecule is CC(C)(N)CCC(=O)N[C@@H](Cc1ccc(O)cc1)C(=O)O. The van der Waals surface area contributed by atoms with E-state index >= 15 is 0 Å². The topological polar surface area (TPSA) is 113 Å². The van der Waals surface area contributed by atoms with Crippen molar-refractivity contribution in [1.29, 1.82) is 0 Å². The fourth-order valence-corrected chi connectivity index (χ4v) is 1.77. The molecule has 0 heterocycles. The summed E-state index contributed by atoms with van der Waals surface area (Å²) in [6.07, 6.45) is 0.820. The van der Waals surface area contributed by atoms with Crippen molar-refractivity contribution < 1.29 is 19.8 Å². The lowest BCUT2D eigenvalue weighted by molar-refractivity contribution is -0.141. The maximum atomic E-state index is 11.8. The van der Waals surface area contributed by atoms with Gasteiger partial charge < -0.3 is 21.3 Å². The van der Waals surface area contributed by atoms with Crippen LogP contribution in [0.3, 0.4) is 0 Å². The van der Waals surface area contributed by atoms with Gasteiger partial charge in [0.1, 0.15) is 11.8 Å². The number of phenols is 1. The third-order valence-corrected chi connectivity index (χ3v) is 3.01. The Bertz CT molecular complexity index is 491. The van der Waals surface area contributed by atoms with Crippen LogP contribution in [0.15, 0.2) is 24.3 Å². The molecule has 0 aliphatic carbocycles. The summed E-state index contributed by atoms with van der Waals surface area (Å²) in [7, 11) is 0. The Morgan fingerprint density at radius 1 is 1.29 bits per heavy atom. The summed E-state index contributed by atoms with van der Waals surface area (Å²) in [5, 5.41) is 20.9. The number of hydrogen-bond donors (Lipinski definition) is 4. The Morgan fingerprint density at radius 3 is 2.33 bits per heavy atom. The van der Waals surface area contributed by atoms with E-state index in [9.17, 15) is 19.8 Å². The molecule has 0 aliphatic rings. The second kappa shape index (κ2) is 7.08. The first kappa shape index (κ1) is 17.0. The van der Waals surface area contributed by atoms with Crippen molar-refractivity contribution in [3.8, 4) is 5.75 Å². The highest BCUT2D eigenvalue weighted by Crippen LogP contribution is 2.12. The van der Waals surface area contributed by atoms with Gasteiger partial charge in [-0.05, 0) is 38.0 Å². The zero-order valence-corrected chi connectivity index (χ0v) is 12.3. The first-order valence-corrected chi connectivity index (χ1v) is 6.76. The van der Waals surface area contributed by atoms with E-state index < -0.39 is 17.6 Å². The zero-order chi connectivity index (χ0) is 16.0. The molecule has 0 bridgehead atoms. The molecule has 6 nitrogen and oxygen atoms in total. The van der Waals surface area contributed by atoms with E-state index in [1.807, 2.05) is 13.8 Å². The van der Waals surface area contributed by atoms with Crippen LogP contribution in [0.1, 0.15) is 32.3 Å². The molecule has 0 unspecified atom stereocenters. The quantitative estimate of drug-likeness (QED) is 0.600. The Balaban J connectivity index is 2.59. The average Bonchev–Trinajstić information content (AvgIpc) is 2.37. The molecule has 5 N–H and O–H groups in total. The maximum absolute atomic E-state index is 11.8. The lowest BCUT2D eigenvalue weighted by Crippen LogP contribution is -2.43. The molecule has 0 radical (unpaired) electrons. The number of nitrogens with one attached hydrogen (secondary N) is 1. The molecule has 1 amide bonds. The number of amides is 1. The third-order valence-electron chi connectivity index (χ3n) is 3.01. The van der Waals surface area contributed by atoms with Crippen molar-refractivity contribution >= 4 is 11.9 Å². The highest BCUT2D eigenvalue weighted by molar-refractivity contribution is 5.83. The number of carbonyl (C=O) groups is 2. The number of carboxylic acid groups (broad SMARTS) is 1. The number of aliphatic carboxylic acids is 1. The van der Waals surface area contributed by atoms with Crippen LogP contribution >= 0.6 is 0 Å². The zero-order valence-electron chi connectivity index (χ0n) is 12.3. The second-order valence-corrected chi connectivity index (χ2v) is 5.82. The molecule has 0 aliphatic heterocycles. The fourth-order valence-electron chi connectivity index (χ4n) is 1.77. The number of hydrogen-bond acceptors (Lipinski definition) is 4. The van der Waals surface area contributed by atoms with Crippen molar-refractivity contribution in [3.63, 3.8) is 0 Å². The highest BCUT2D eigenvalue weighted by Gasteiger charge is 2.21. The molecule has 0 saturated heterocycles. The van der Waals surface area contributed by atoms with E-state index in [4.69, 9.17) is 5.73 Å². The predicted octanol–water partition coefficient (Wildman–Crippen LogP) is 1.02. The van der Waals surface area contributed by atoms with Crippen LogP contribution in [-0.2, 0) is 16.0 Å². The molecule has 0 aromatic heterocycles. The van der Waals surface area contributed by atoms with Crippen molar-refractivity contribution in [3.05, 3.63) is 29.8 Å². The number of carboxylic acids is 1. The molecular formula is C15H22N2O4. The Hall–Kier alpha value is -2.08. The van der Waals surface area contributed by atoms with Gasteiger partial charge in [-0.1, -0.05) is 12.1 Å². The average molecular weight is 294 g/mol. The number of nitrogens with two attached hydrogens (primary N) is 1. The molecule has 116 valence electrons. The van der Waals surface area contributed by atoms with Gasteiger partial charge in [0.25, 0.3) is 0 Å². The Morgan fingerprint density at radius 2 is 1.86 bits per heavy atom. The lowest BCUT2D eigenvalue weighted by atomic mass is 9.99. The van der Waals surface area contributed by atoms with Gasteiger partial charge in [0.05, 0.1) is 0 Å². The van der Waals surface area contributed by atoms with E-state index in [0.717, 1.165) is 5.56 Å². The van der Waals surface area contributed by atoms with E-state index in [0.29, 0.717) is 6.42 Å². The summed E-state index contributed by atoms with van der Waals surface area (Å²) >= 11 is 0. The van der Waals surface area contributed by atoms with Crippen LogP contribution in [0.4, 0.5) is 0 Å². The largest absolute Gasteiger partial charge is 0.508 e. The smallest absolute Gasteiger partial charge is 0.326 e. The molecule has 1 aromatic carbocycles. The molecule has 0 spiro atoms. The summed E-state index contributed by atoms with van der Waals surface area (Å²) < 4.78 is 0. The number of carbonyl (C=O) groups excluding carboxylic acids is 1. The van der Waals surface area contributed by atoms with Gasteiger partial charge in [0.15, 0.2) is 0 Å². The van der Waals surface area contributed by atoms with Gasteiger partial charge in [-0.3, -0.25) is 4.79 Å². The Kier molecular flexibility index (Phi) is 5.72. The number of phenolic OH excluding ortho intramolecular Hbond substituents is 1. The molecule has 0 fully saturated rings. The monoisotopic (exact) mass is 294 g/mol. The molecule has 0 saturated carbocycles. The second-order valence-electron chi connectivity index (χ2n) is 5.82. The van der Waals surface area contributed by atoms with Crippen LogP contribution in [-0.4, -0.2) is 33.7 Å². The lowest BCUT2D eigenvalue weighted by Gasteiger charge is -2.19. The molecule has 6 heteroatoms. The van der Waals surface area contributed by atoms with Crippen molar-refractivity contribution in [2.75, 3.05) is 0 Å². The third kappa shape index (κ3) is 6.76. The minimum absolute atomic E-state index is 0.111. The van der Waals surface area contributed by atoms with Crippen molar-refractivity contribution in [2.24, 2.45) is 5.73 Å². The molecule has 1 atom stereocenters. The summed E-state index contributed by atoms with van der Waals surface area (Å²) in [6, 6.07) is 5.21. The number of rotatable bonds is 7. The van der Waals surface area contributed by atoms with Crippen LogP contribution in [0.2, 0.25) is 0 Å². The van der Waals surface area contributed by atoms with Crippen LogP contribution in [0, 0.1) is 0 Å². The van der Waals surface area contributed by atoms with E-state index in [1.54, 1.807) is 12.1 Å². The van der Waals surface area contributed by atoms with E-state index in [2.05, 4.69) is 5.32 Å². The fraction of sp³-hybridized carbons (Fsp3) is 0.467. The first-order valence-electron chi connectivity index (χ1n) is 6.76. The van der Waals surface area contributed by atoms with Crippen LogP contribution in [0.5, 0.6) is 5.75 Å². The molecular weight excluding hydrogens is 272 g/mol. The molecule has 1 aromatic rings. The first-order chi connectivity index (χ1) is 9.67. The van der Waals surface area contributed by atoms with Gasteiger partial charge in [-0.15, -0.1) is 0 Å². The summed E-state index contributed by atoms with van der Waals surface area (Å²) in [6.45, 7) is 3.62. The standard InChI is InChI=1S/C15H22N2O4/c1-15(2,16)8-7-13(19)17-12(14(20)21)9-10-3-5-11(18)6-4-10/h3-6,12,18H,7-9,16H2,1-2H3,(H,17,19)(H,20,21)/t12-/m0/s1. The van der Waals surface area contributed by atoms with E-state index in [-0.39, 0.29) is 24.5 Å². The van der Waals surface area contributed by atoms with Gasteiger partial charge >= 0.3 is 5.97 Å². The van der Waals surface area contributed by atoms with Crippen LogP contribution < -0.4 is 11.1 Å². The van der Waals surface area contributed by atoms with Crippen molar-refractivity contribution in [1.82, 2.24) is 5.32 Å². The van der Waals surface area contributed by atoms with Gasteiger partial charge in [0.2, 0.25) is 5.91 Å². The van der Waals surface area contributed by atoms with Gasteiger partial charge in [-0.25, -0.2) is 4.79 Å². The Labute approximate surface area is 124 Å². The minimum atomic E-state index is -1.09. The number of benzene rings is 1. The van der Waals surface area contributed by atoms with Crippen LogP contribution in [0.25, 0.3) is 0 Å².